The first kappa shape index (κ1) is 17.5. The van der Waals surface area contributed by atoms with Crippen LogP contribution in [0.3, 0.4) is 0 Å². The van der Waals surface area contributed by atoms with Crippen molar-refractivity contribution >= 4 is 34.1 Å². The van der Waals surface area contributed by atoms with Crippen molar-refractivity contribution in [2.45, 2.75) is 38.6 Å². The van der Waals surface area contributed by atoms with Gasteiger partial charge < -0.3 is 19.8 Å². The summed E-state index contributed by atoms with van der Waals surface area (Å²) in [5.41, 5.74) is 12.5. The quantitative estimate of drug-likeness (QED) is 0.522. The molecule has 1 aliphatic carbocycles. The first-order chi connectivity index (χ1) is 14.6. The Labute approximate surface area is 172 Å². The number of nitrogens with two attached hydrogens (primary N) is 1. The van der Waals surface area contributed by atoms with Crippen LogP contribution in [0.5, 0.6) is 0 Å². The smallest absolute Gasteiger partial charge is 0.307 e. The summed E-state index contributed by atoms with van der Waals surface area (Å²) in [6.45, 7) is 0.914. The number of carboxylic acids is 1. The molecule has 1 fully saturated rings. The van der Waals surface area contributed by atoms with Crippen molar-refractivity contribution in [2.75, 3.05) is 5.73 Å². The lowest BCUT2D eigenvalue weighted by atomic mass is 9.92. The summed E-state index contributed by atoms with van der Waals surface area (Å²) >= 11 is 0. The first-order valence-electron chi connectivity index (χ1n) is 10.5. The van der Waals surface area contributed by atoms with Gasteiger partial charge in [0.1, 0.15) is 11.3 Å². The monoisotopic (exact) mass is 402 g/mol. The highest BCUT2D eigenvalue weighted by molar-refractivity contribution is 5.87. The number of nitrogens with zero attached hydrogens (tertiary/aromatic N) is 3. The minimum absolute atomic E-state index is 0.160. The van der Waals surface area contributed by atoms with Gasteiger partial charge in [0, 0.05) is 12.1 Å². The number of anilines is 1. The number of oxazole rings is 1. The molecule has 0 spiro atoms. The van der Waals surface area contributed by atoms with Crippen LogP contribution in [0.25, 0.3) is 33.5 Å². The van der Waals surface area contributed by atoms with Crippen molar-refractivity contribution in [1.29, 1.82) is 0 Å². The zero-order chi connectivity index (χ0) is 20.4. The second kappa shape index (κ2) is 6.32. The molecule has 2 aromatic carbocycles. The second-order valence-corrected chi connectivity index (χ2v) is 8.53. The van der Waals surface area contributed by atoms with Crippen LogP contribution in [0.15, 0.2) is 34.7 Å². The molecule has 6 rings (SSSR count). The molecule has 0 radical (unpaired) electrons. The summed E-state index contributed by atoms with van der Waals surface area (Å²) in [7, 11) is 0. The summed E-state index contributed by atoms with van der Waals surface area (Å²) in [6, 6.07) is 10.3. The van der Waals surface area contributed by atoms with E-state index in [0.29, 0.717) is 17.9 Å². The van der Waals surface area contributed by atoms with Gasteiger partial charge in [-0.25, -0.2) is 4.98 Å². The second-order valence-electron chi connectivity index (χ2n) is 8.53. The Morgan fingerprint density at radius 2 is 2.10 bits per heavy atom. The fourth-order valence-electron chi connectivity index (χ4n) is 4.89. The van der Waals surface area contributed by atoms with Crippen LogP contribution in [0.4, 0.5) is 6.01 Å². The van der Waals surface area contributed by atoms with Crippen LogP contribution in [0, 0.1) is 11.8 Å². The number of hydrogen-bond donors (Lipinski definition) is 2. The van der Waals surface area contributed by atoms with Gasteiger partial charge in [0.05, 0.1) is 17.0 Å². The van der Waals surface area contributed by atoms with Crippen LogP contribution in [0.2, 0.25) is 0 Å². The summed E-state index contributed by atoms with van der Waals surface area (Å²) in [5, 5.41) is 9.64. The third-order valence-electron chi connectivity index (χ3n) is 6.43. The molecule has 3 heterocycles. The molecule has 7 heteroatoms. The minimum Gasteiger partial charge on any atom is -0.481 e. The van der Waals surface area contributed by atoms with E-state index in [9.17, 15) is 9.90 Å². The average molecular weight is 402 g/mol. The number of imidazole rings is 1. The van der Waals surface area contributed by atoms with Gasteiger partial charge in [-0.15, -0.1) is 0 Å². The van der Waals surface area contributed by atoms with Gasteiger partial charge in [-0.3, -0.25) is 4.79 Å². The van der Waals surface area contributed by atoms with E-state index >= 15 is 0 Å². The molecule has 152 valence electrons. The van der Waals surface area contributed by atoms with E-state index in [-0.39, 0.29) is 11.9 Å². The molecule has 2 aromatic heterocycles. The number of carboxylic acid groups (broad SMARTS) is 1. The van der Waals surface area contributed by atoms with Crippen molar-refractivity contribution in [1.82, 2.24) is 14.5 Å². The van der Waals surface area contributed by atoms with Crippen molar-refractivity contribution in [3.05, 3.63) is 41.5 Å². The number of benzene rings is 2. The van der Waals surface area contributed by atoms with Gasteiger partial charge in [-0.05, 0) is 73.4 Å². The fourth-order valence-corrected chi connectivity index (χ4v) is 4.89. The number of aryl methyl sites for hydroxylation is 2. The third kappa shape index (κ3) is 2.76. The standard InChI is InChI=1S/C23H22N4O3/c24-23-26-17-11-15(5-6-19(17)30-23)21-25-18-10-12(9-16(22(28)29)13-3-4-13)8-14-2-1-7-27(21)20(14)18/h5-6,8,10-11,13,16H,1-4,7,9H2,(H2,24,26)(H,28,29)/t16-/m0/s1. The van der Waals surface area contributed by atoms with Gasteiger partial charge in [0.15, 0.2) is 5.58 Å². The van der Waals surface area contributed by atoms with E-state index < -0.39 is 5.97 Å². The summed E-state index contributed by atoms with van der Waals surface area (Å²) in [6.07, 6.45) is 4.67. The Morgan fingerprint density at radius 1 is 1.23 bits per heavy atom. The van der Waals surface area contributed by atoms with Crippen LogP contribution in [-0.4, -0.2) is 25.6 Å². The third-order valence-corrected chi connectivity index (χ3v) is 6.43. The van der Waals surface area contributed by atoms with Crippen molar-refractivity contribution in [3.63, 3.8) is 0 Å². The Bertz CT molecular complexity index is 1320. The molecular formula is C23H22N4O3. The number of fused-ring (bicyclic) bond motifs is 1. The van der Waals surface area contributed by atoms with E-state index in [2.05, 4.69) is 21.7 Å². The topological polar surface area (TPSA) is 107 Å². The Morgan fingerprint density at radius 3 is 2.90 bits per heavy atom. The number of carbonyl (C=O) groups is 1. The molecule has 1 saturated carbocycles. The van der Waals surface area contributed by atoms with E-state index in [1.807, 2.05) is 18.2 Å². The fraction of sp³-hybridized carbons (Fsp3) is 0.348. The van der Waals surface area contributed by atoms with Crippen LogP contribution in [-0.2, 0) is 24.2 Å². The molecule has 0 amide bonds. The number of nitrogen functional groups attached to an aromatic ring is 1. The predicted octanol–water partition coefficient (Wildman–Crippen LogP) is 4.03. The van der Waals surface area contributed by atoms with Crippen LogP contribution in [0.1, 0.15) is 30.4 Å². The molecule has 7 nitrogen and oxygen atoms in total. The van der Waals surface area contributed by atoms with Gasteiger partial charge in [-0.1, -0.05) is 6.07 Å². The number of hydrogen-bond acceptors (Lipinski definition) is 5. The normalized spacial score (nSPS) is 16.9. The van der Waals surface area contributed by atoms with E-state index in [1.165, 1.54) is 5.56 Å². The van der Waals surface area contributed by atoms with Crippen LogP contribution >= 0.6 is 0 Å². The van der Waals surface area contributed by atoms with Crippen molar-refractivity contribution in [2.24, 2.45) is 11.8 Å². The Balaban J connectivity index is 1.46. The highest BCUT2D eigenvalue weighted by atomic mass is 16.4. The maximum atomic E-state index is 11.7. The highest BCUT2D eigenvalue weighted by Gasteiger charge is 2.36. The first-order valence-corrected chi connectivity index (χ1v) is 10.5. The minimum atomic E-state index is -0.683. The molecule has 2 aliphatic rings. The lowest BCUT2D eigenvalue weighted by Gasteiger charge is -2.18. The number of aliphatic carboxylic acids is 1. The van der Waals surface area contributed by atoms with Gasteiger partial charge in [-0.2, -0.15) is 4.98 Å². The summed E-state index contributed by atoms with van der Waals surface area (Å²) in [5.74, 6) is 0.255. The lowest BCUT2D eigenvalue weighted by molar-refractivity contribution is -0.142. The largest absolute Gasteiger partial charge is 0.481 e. The molecule has 4 aromatic rings. The molecule has 0 bridgehead atoms. The average Bonchev–Trinajstić information content (AvgIpc) is 3.39. The van der Waals surface area contributed by atoms with Crippen LogP contribution < -0.4 is 5.73 Å². The molecule has 30 heavy (non-hydrogen) atoms. The number of rotatable bonds is 5. The van der Waals surface area contributed by atoms with Gasteiger partial charge in [0.2, 0.25) is 0 Å². The summed E-state index contributed by atoms with van der Waals surface area (Å²) in [4.78, 5) is 20.9. The number of aromatic nitrogens is 3. The van der Waals surface area contributed by atoms with E-state index in [4.69, 9.17) is 15.1 Å². The summed E-state index contributed by atoms with van der Waals surface area (Å²) < 4.78 is 7.67. The molecule has 3 N–H and O–H groups in total. The zero-order valence-corrected chi connectivity index (χ0v) is 16.5. The molecule has 0 saturated heterocycles. The maximum absolute atomic E-state index is 11.7. The maximum Gasteiger partial charge on any atom is 0.307 e. The van der Waals surface area contributed by atoms with Gasteiger partial charge in [0.25, 0.3) is 6.01 Å². The molecule has 0 unspecified atom stereocenters. The van der Waals surface area contributed by atoms with E-state index in [0.717, 1.165) is 65.7 Å². The molecule has 1 aliphatic heterocycles. The molecular weight excluding hydrogens is 380 g/mol. The van der Waals surface area contributed by atoms with Crippen molar-refractivity contribution in [3.8, 4) is 11.4 Å². The highest BCUT2D eigenvalue weighted by Crippen LogP contribution is 2.40. The Hall–Kier alpha value is -3.35. The zero-order valence-electron chi connectivity index (χ0n) is 16.5. The Kier molecular flexibility index (Phi) is 3.69. The van der Waals surface area contributed by atoms with E-state index in [1.54, 1.807) is 0 Å². The predicted molar refractivity (Wildman–Crippen MR) is 113 cm³/mol. The SMILES string of the molecule is Nc1nc2cc(-c3nc4cc(C[C@H](C(=O)O)C5CC5)cc5c4n3CCC5)ccc2o1. The van der Waals surface area contributed by atoms with Crippen molar-refractivity contribution < 1.29 is 14.3 Å². The molecule has 1 atom stereocenters. The van der Waals surface area contributed by atoms with Gasteiger partial charge >= 0.3 is 5.97 Å². The lowest BCUT2D eigenvalue weighted by Crippen LogP contribution is -2.19.